The second-order valence-electron chi connectivity index (χ2n) is 4.36. The molecule has 2 amide bonds. The Morgan fingerprint density at radius 3 is 2.76 bits per heavy atom. The molecular weight excluding hydrogens is 237 g/mol. The first-order valence-corrected chi connectivity index (χ1v) is 5.57. The van der Waals surface area contributed by atoms with E-state index in [0.29, 0.717) is 19.5 Å². The molecule has 2 unspecified atom stereocenters. The van der Waals surface area contributed by atoms with Gasteiger partial charge in [0.05, 0.1) is 6.10 Å². The number of piperidine rings is 1. The molecule has 100 valence electrons. The van der Waals surface area contributed by atoms with Crippen molar-refractivity contribution in [3.05, 3.63) is 0 Å². The molecule has 1 saturated heterocycles. The van der Waals surface area contributed by atoms with Gasteiger partial charge in [0.2, 0.25) is 0 Å². The highest BCUT2D eigenvalue weighted by Crippen LogP contribution is 2.20. The number of halogens is 3. The first-order valence-electron chi connectivity index (χ1n) is 5.57. The Balaban J connectivity index is 2.41. The van der Waals surface area contributed by atoms with Crippen LogP contribution < -0.4 is 5.32 Å². The molecule has 1 aliphatic heterocycles. The maximum atomic E-state index is 11.9. The highest BCUT2D eigenvalue weighted by Gasteiger charge is 2.31. The maximum Gasteiger partial charge on any atom is 0.405 e. The Morgan fingerprint density at radius 1 is 1.59 bits per heavy atom. The number of likely N-dealkylation sites (tertiary alicyclic amines) is 1. The van der Waals surface area contributed by atoms with Crippen LogP contribution in [0.25, 0.3) is 0 Å². The van der Waals surface area contributed by atoms with Crippen LogP contribution in [0.2, 0.25) is 0 Å². The first kappa shape index (κ1) is 14.1. The molecule has 0 spiro atoms. The van der Waals surface area contributed by atoms with E-state index >= 15 is 0 Å². The zero-order valence-electron chi connectivity index (χ0n) is 9.63. The molecule has 7 heteroatoms. The highest BCUT2D eigenvalue weighted by molar-refractivity contribution is 5.74. The van der Waals surface area contributed by atoms with Crippen LogP contribution in [-0.2, 0) is 0 Å². The van der Waals surface area contributed by atoms with Crippen molar-refractivity contribution < 1.29 is 23.1 Å². The van der Waals surface area contributed by atoms with Gasteiger partial charge in [-0.15, -0.1) is 0 Å². The number of aliphatic hydroxyl groups is 1. The van der Waals surface area contributed by atoms with Crippen molar-refractivity contribution >= 4 is 6.03 Å². The van der Waals surface area contributed by atoms with E-state index in [9.17, 15) is 23.1 Å². The molecule has 1 aliphatic rings. The fourth-order valence-electron chi connectivity index (χ4n) is 1.88. The topological polar surface area (TPSA) is 52.6 Å². The standard InChI is InChI=1S/C10H17F3N2O2/c1-7(16)8-3-2-4-15(5-8)9(17)14-6-10(11,12)13/h7-8,16H,2-6H2,1H3,(H,14,17). The monoisotopic (exact) mass is 254 g/mol. The van der Waals surface area contributed by atoms with E-state index in [1.165, 1.54) is 4.90 Å². The summed E-state index contributed by atoms with van der Waals surface area (Å²) in [7, 11) is 0. The second kappa shape index (κ2) is 5.57. The molecule has 1 heterocycles. The number of hydrogen-bond donors (Lipinski definition) is 2. The molecule has 17 heavy (non-hydrogen) atoms. The number of aliphatic hydroxyl groups excluding tert-OH is 1. The third kappa shape index (κ3) is 4.80. The number of nitrogens with zero attached hydrogens (tertiary/aromatic N) is 1. The van der Waals surface area contributed by atoms with Gasteiger partial charge in [0, 0.05) is 19.0 Å². The largest absolute Gasteiger partial charge is 0.405 e. The highest BCUT2D eigenvalue weighted by atomic mass is 19.4. The van der Waals surface area contributed by atoms with E-state index in [0.717, 1.165) is 6.42 Å². The van der Waals surface area contributed by atoms with Crippen LogP contribution in [0.4, 0.5) is 18.0 Å². The Hall–Kier alpha value is -0.980. The molecule has 0 aromatic carbocycles. The number of urea groups is 1. The van der Waals surface area contributed by atoms with Crippen LogP contribution in [0, 0.1) is 5.92 Å². The van der Waals surface area contributed by atoms with Crippen LogP contribution in [-0.4, -0.2) is 48.0 Å². The number of amides is 2. The Morgan fingerprint density at radius 2 is 2.24 bits per heavy atom. The minimum atomic E-state index is -4.39. The van der Waals surface area contributed by atoms with Gasteiger partial charge in [-0.25, -0.2) is 4.79 Å². The predicted octanol–water partition coefficient (Wildman–Crippen LogP) is 1.35. The summed E-state index contributed by atoms with van der Waals surface area (Å²) in [4.78, 5) is 12.8. The van der Waals surface area contributed by atoms with Gasteiger partial charge in [0.25, 0.3) is 0 Å². The summed E-state index contributed by atoms with van der Waals surface area (Å²) in [6.07, 6.45) is -3.45. The second-order valence-corrected chi connectivity index (χ2v) is 4.36. The molecule has 0 bridgehead atoms. The molecule has 0 radical (unpaired) electrons. The molecule has 0 aromatic rings. The molecule has 0 saturated carbocycles. The van der Waals surface area contributed by atoms with Gasteiger partial charge in [-0.1, -0.05) is 0 Å². The molecular formula is C10H17F3N2O2. The Bertz CT molecular complexity index is 269. The van der Waals surface area contributed by atoms with E-state index in [4.69, 9.17) is 0 Å². The van der Waals surface area contributed by atoms with Crippen LogP contribution in [0.1, 0.15) is 19.8 Å². The van der Waals surface area contributed by atoms with E-state index in [-0.39, 0.29) is 5.92 Å². The fraction of sp³-hybridized carbons (Fsp3) is 0.900. The molecule has 4 nitrogen and oxygen atoms in total. The van der Waals surface area contributed by atoms with E-state index < -0.39 is 24.9 Å². The van der Waals surface area contributed by atoms with Crippen LogP contribution in [0.3, 0.4) is 0 Å². The third-order valence-corrected chi connectivity index (χ3v) is 2.87. The molecule has 0 aromatic heterocycles. The van der Waals surface area contributed by atoms with Crippen molar-refractivity contribution in [1.82, 2.24) is 10.2 Å². The third-order valence-electron chi connectivity index (χ3n) is 2.87. The summed E-state index contributed by atoms with van der Waals surface area (Å²) in [5.41, 5.74) is 0. The lowest BCUT2D eigenvalue weighted by molar-refractivity contribution is -0.123. The Labute approximate surface area is 97.8 Å². The SMILES string of the molecule is CC(O)C1CCCN(C(=O)NCC(F)(F)F)C1. The predicted molar refractivity (Wildman–Crippen MR) is 55.4 cm³/mol. The van der Waals surface area contributed by atoms with Gasteiger partial charge in [-0.3, -0.25) is 0 Å². The summed E-state index contributed by atoms with van der Waals surface area (Å²) >= 11 is 0. The average molecular weight is 254 g/mol. The molecule has 2 N–H and O–H groups in total. The van der Waals surface area contributed by atoms with Crippen LogP contribution in [0.15, 0.2) is 0 Å². The summed E-state index contributed by atoms with van der Waals surface area (Å²) < 4.78 is 35.7. The number of alkyl halides is 3. The molecule has 1 rings (SSSR count). The summed E-state index contributed by atoms with van der Waals surface area (Å²) in [6, 6.07) is -0.715. The maximum absolute atomic E-state index is 11.9. The van der Waals surface area contributed by atoms with Crippen molar-refractivity contribution in [2.24, 2.45) is 5.92 Å². The van der Waals surface area contributed by atoms with Crippen LogP contribution in [0.5, 0.6) is 0 Å². The Kier molecular flexibility index (Phi) is 4.62. The van der Waals surface area contributed by atoms with Gasteiger partial charge in [-0.05, 0) is 19.8 Å². The molecule has 0 aliphatic carbocycles. The average Bonchev–Trinajstić information content (AvgIpc) is 2.25. The number of carbonyl (C=O) groups excluding carboxylic acids is 1. The van der Waals surface area contributed by atoms with Crippen molar-refractivity contribution in [3.8, 4) is 0 Å². The van der Waals surface area contributed by atoms with Crippen molar-refractivity contribution in [2.75, 3.05) is 19.6 Å². The van der Waals surface area contributed by atoms with Gasteiger partial charge < -0.3 is 15.3 Å². The lowest BCUT2D eigenvalue weighted by Crippen LogP contribution is -2.49. The quantitative estimate of drug-likeness (QED) is 0.781. The van der Waals surface area contributed by atoms with E-state index in [1.54, 1.807) is 6.92 Å². The number of rotatable bonds is 2. The fourth-order valence-corrected chi connectivity index (χ4v) is 1.88. The smallest absolute Gasteiger partial charge is 0.393 e. The molecule has 1 fully saturated rings. The first-order chi connectivity index (χ1) is 7.79. The van der Waals surface area contributed by atoms with E-state index in [1.807, 2.05) is 5.32 Å². The minimum Gasteiger partial charge on any atom is -0.393 e. The van der Waals surface area contributed by atoms with Gasteiger partial charge in [0.15, 0.2) is 0 Å². The number of nitrogens with one attached hydrogen (secondary N) is 1. The van der Waals surface area contributed by atoms with E-state index in [2.05, 4.69) is 0 Å². The zero-order valence-corrected chi connectivity index (χ0v) is 9.63. The number of carbonyl (C=O) groups is 1. The van der Waals surface area contributed by atoms with Crippen molar-refractivity contribution in [1.29, 1.82) is 0 Å². The van der Waals surface area contributed by atoms with Gasteiger partial charge >= 0.3 is 12.2 Å². The summed E-state index contributed by atoms with van der Waals surface area (Å²) in [5, 5.41) is 11.2. The van der Waals surface area contributed by atoms with Crippen LogP contribution >= 0.6 is 0 Å². The van der Waals surface area contributed by atoms with Gasteiger partial charge in [-0.2, -0.15) is 13.2 Å². The molecule has 2 atom stereocenters. The lowest BCUT2D eigenvalue weighted by atomic mass is 9.94. The normalized spacial score (nSPS) is 23.4. The zero-order chi connectivity index (χ0) is 13.1. The van der Waals surface area contributed by atoms with Gasteiger partial charge in [0.1, 0.15) is 6.54 Å². The summed E-state index contributed by atoms with van der Waals surface area (Å²) in [6.45, 7) is 1.05. The minimum absolute atomic E-state index is 0.0552. The lowest BCUT2D eigenvalue weighted by Gasteiger charge is -2.34. The summed E-state index contributed by atoms with van der Waals surface area (Å²) in [5.74, 6) is -0.0552. The van der Waals surface area contributed by atoms with Crippen molar-refractivity contribution in [3.63, 3.8) is 0 Å². The van der Waals surface area contributed by atoms with Crippen molar-refractivity contribution in [2.45, 2.75) is 32.0 Å². The number of hydrogen-bond acceptors (Lipinski definition) is 2.